The first-order valence-electron chi connectivity index (χ1n) is 10.0. The van der Waals surface area contributed by atoms with Crippen LogP contribution in [0.3, 0.4) is 0 Å². The molecule has 2 fully saturated rings. The molecular weight excluding hydrogens is 356 g/mol. The van der Waals surface area contributed by atoms with Crippen molar-refractivity contribution in [2.75, 3.05) is 32.5 Å². The number of benzene rings is 1. The Morgan fingerprint density at radius 3 is 2.68 bits per heavy atom. The minimum atomic E-state index is -0.268. The van der Waals surface area contributed by atoms with Crippen molar-refractivity contribution in [1.29, 1.82) is 0 Å². The van der Waals surface area contributed by atoms with Crippen LogP contribution >= 0.6 is 0 Å². The number of rotatable bonds is 7. The Hall–Kier alpha value is -2.41. The van der Waals surface area contributed by atoms with Gasteiger partial charge in [0.15, 0.2) is 0 Å². The number of nitrogens with one attached hydrogen (secondary N) is 2. The first kappa shape index (κ1) is 20.3. The van der Waals surface area contributed by atoms with Crippen LogP contribution in [0.4, 0.5) is 5.69 Å². The zero-order chi connectivity index (χ0) is 20.1. The lowest BCUT2D eigenvalue weighted by Gasteiger charge is -2.23. The molecule has 3 rings (SSSR count). The third kappa shape index (κ3) is 5.32. The van der Waals surface area contributed by atoms with E-state index >= 15 is 0 Å². The second-order valence-electron chi connectivity index (χ2n) is 8.09. The SMILES string of the molecule is CN(C)CC(=O)Nc1cccc(CNC(=O)C2CC(=O)N(C3CCCC3)C2)c1. The van der Waals surface area contributed by atoms with E-state index in [1.54, 1.807) is 4.90 Å². The van der Waals surface area contributed by atoms with E-state index in [0.717, 1.165) is 18.4 Å². The van der Waals surface area contributed by atoms with E-state index in [9.17, 15) is 14.4 Å². The second-order valence-corrected chi connectivity index (χ2v) is 8.09. The minimum Gasteiger partial charge on any atom is -0.352 e. The quantitative estimate of drug-likeness (QED) is 0.746. The van der Waals surface area contributed by atoms with Gasteiger partial charge in [-0.2, -0.15) is 0 Å². The van der Waals surface area contributed by atoms with Gasteiger partial charge < -0.3 is 20.4 Å². The number of hydrogen-bond acceptors (Lipinski definition) is 4. The highest BCUT2D eigenvalue weighted by atomic mass is 16.2. The molecule has 1 aromatic carbocycles. The van der Waals surface area contributed by atoms with Crippen LogP contribution in [0.5, 0.6) is 0 Å². The van der Waals surface area contributed by atoms with Gasteiger partial charge in [0.1, 0.15) is 0 Å². The van der Waals surface area contributed by atoms with Gasteiger partial charge >= 0.3 is 0 Å². The molecule has 1 heterocycles. The lowest BCUT2D eigenvalue weighted by Crippen LogP contribution is -2.36. The molecule has 1 aliphatic heterocycles. The minimum absolute atomic E-state index is 0.0732. The van der Waals surface area contributed by atoms with Crippen LogP contribution in [-0.2, 0) is 20.9 Å². The number of amides is 3. The predicted octanol–water partition coefficient (Wildman–Crippen LogP) is 1.59. The molecule has 3 amide bonds. The Labute approximate surface area is 166 Å². The van der Waals surface area contributed by atoms with E-state index in [2.05, 4.69) is 10.6 Å². The molecule has 0 aromatic heterocycles. The topological polar surface area (TPSA) is 81.8 Å². The highest BCUT2D eigenvalue weighted by Crippen LogP contribution is 2.29. The van der Waals surface area contributed by atoms with Crippen LogP contribution in [0.15, 0.2) is 24.3 Å². The van der Waals surface area contributed by atoms with Gasteiger partial charge in [-0.25, -0.2) is 0 Å². The molecule has 152 valence electrons. The van der Waals surface area contributed by atoms with E-state index in [1.807, 2.05) is 43.3 Å². The number of likely N-dealkylation sites (N-methyl/N-ethyl adjacent to an activating group) is 1. The number of anilines is 1. The summed E-state index contributed by atoms with van der Waals surface area (Å²) in [6.07, 6.45) is 4.78. The van der Waals surface area contributed by atoms with Gasteiger partial charge in [-0.1, -0.05) is 25.0 Å². The third-order valence-corrected chi connectivity index (χ3v) is 5.43. The summed E-state index contributed by atoms with van der Waals surface area (Å²) in [6, 6.07) is 7.78. The third-order valence-electron chi connectivity index (χ3n) is 5.43. The molecule has 1 unspecified atom stereocenters. The molecule has 1 atom stereocenters. The predicted molar refractivity (Wildman–Crippen MR) is 108 cm³/mol. The standard InChI is InChI=1S/C21H30N4O3/c1-24(2)14-19(26)23-17-7-5-6-15(10-17)12-22-21(28)16-11-20(27)25(13-16)18-8-3-4-9-18/h5-7,10,16,18H,3-4,8-9,11-14H2,1-2H3,(H,22,28)(H,23,26). The van der Waals surface area contributed by atoms with Gasteiger partial charge in [0.2, 0.25) is 17.7 Å². The lowest BCUT2D eigenvalue weighted by atomic mass is 10.1. The molecule has 1 aromatic rings. The maximum atomic E-state index is 12.5. The molecule has 1 saturated heterocycles. The zero-order valence-electron chi connectivity index (χ0n) is 16.7. The molecule has 0 radical (unpaired) electrons. The fraction of sp³-hybridized carbons (Fsp3) is 0.571. The molecule has 2 aliphatic rings. The van der Waals surface area contributed by atoms with Crippen molar-refractivity contribution in [3.8, 4) is 0 Å². The van der Waals surface area contributed by atoms with E-state index in [0.29, 0.717) is 37.8 Å². The largest absolute Gasteiger partial charge is 0.352 e. The lowest BCUT2D eigenvalue weighted by molar-refractivity contribution is -0.130. The van der Waals surface area contributed by atoms with Crippen LogP contribution in [0.2, 0.25) is 0 Å². The molecule has 7 heteroatoms. The molecule has 0 bridgehead atoms. The average molecular weight is 386 g/mol. The fourth-order valence-corrected chi connectivity index (χ4v) is 4.06. The van der Waals surface area contributed by atoms with Crippen molar-refractivity contribution in [2.45, 2.75) is 44.7 Å². The van der Waals surface area contributed by atoms with Gasteiger partial charge in [0, 0.05) is 31.2 Å². The number of hydrogen-bond donors (Lipinski definition) is 2. The summed E-state index contributed by atoms with van der Waals surface area (Å²) in [4.78, 5) is 40.4. The summed E-state index contributed by atoms with van der Waals surface area (Å²) >= 11 is 0. The summed E-state index contributed by atoms with van der Waals surface area (Å²) in [5.41, 5.74) is 1.62. The average Bonchev–Trinajstić information content (AvgIpc) is 3.28. The fourth-order valence-electron chi connectivity index (χ4n) is 4.06. The van der Waals surface area contributed by atoms with Crippen LogP contribution in [-0.4, -0.2) is 60.7 Å². The zero-order valence-corrected chi connectivity index (χ0v) is 16.7. The summed E-state index contributed by atoms with van der Waals surface area (Å²) in [5.74, 6) is -0.313. The Morgan fingerprint density at radius 1 is 1.21 bits per heavy atom. The summed E-state index contributed by atoms with van der Waals surface area (Å²) in [5, 5.41) is 5.80. The first-order chi connectivity index (χ1) is 13.4. The van der Waals surface area contributed by atoms with Crippen molar-refractivity contribution in [2.24, 2.45) is 5.92 Å². The monoisotopic (exact) mass is 386 g/mol. The molecule has 2 N–H and O–H groups in total. The van der Waals surface area contributed by atoms with Crippen LogP contribution in [0, 0.1) is 5.92 Å². The molecule has 1 aliphatic carbocycles. The van der Waals surface area contributed by atoms with E-state index in [1.165, 1.54) is 12.8 Å². The van der Waals surface area contributed by atoms with E-state index in [-0.39, 0.29) is 23.6 Å². The van der Waals surface area contributed by atoms with Gasteiger partial charge in [-0.3, -0.25) is 14.4 Å². The van der Waals surface area contributed by atoms with Gasteiger partial charge in [-0.15, -0.1) is 0 Å². The smallest absolute Gasteiger partial charge is 0.238 e. The van der Waals surface area contributed by atoms with Crippen molar-refractivity contribution in [3.63, 3.8) is 0 Å². The number of carbonyl (C=O) groups is 3. The normalized spacial score (nSPS) is 20.0. The highest BCUT2D eigenvalue weighted by Gasteiger charge is 2.38. The second kappa shape index (κ2) is 9.19. The molecule has 0 spiro atoms. The van der Waals surface area contributed by atoms with Gasteiger partial charge in [-0.05, 0) is 44.6 Å². The number of carbonyl (C=O) groups excluding carboxylic acids is 3. The highest BCUT2D eigenvalue weighted by molar-refractivity contribution is 5.92. The maximum Gasteiger partial charge on any atom is 0.238 e. The van der Waals surface area contributed by atoms with Gasteiger partial charge in [0.05, 0.1) is 12.5 Å². The molecule has 28 heavy (non-hydrogen) atoms. The van der Waals surface area contributed by atoms with Crippen LogP contribution in [0.1, 0.15) is 37.7 Å². The van der Waals surface area contributed by atoms with E-state index in [4.69, 9.17) is 0 Å². The van der Waals surface area contributed by atoms with E-state index < -0.39 is 0 Å². The Kier molecular flexibility index (Phi) is 6.67. The first-order valence-corrected chi connectivity index (χ1v) is 10.0. The Bertz CT molecular complexity index is 728. The van der Waals surface area contributed by atoms with Crippen LogP contribution in [0.25, 0.3) is 0 Å². The molecule has 1 saturated carbocycles. The summed E-state index contributed by atoms with van der Waals surface area (Å²) in [7, 11) is 3.68. The van der Waals surface area contributed by atoms with Crippen molar-refractivity contribution in [1.82, 2.24) is 15.1 Å². The van der Waals surface area contributed by atoms with Crippen molar-refractivity contribution >= 4 is 23.4 Å². The molecule has 7 nitrogen and oxygen atoms in total. The van der Waals surface area contributed by atoms with Crippen molar-refractivity contribution in [3.05, 3.63) is 29.8 Å². The molecular formula is C21H30N4O3. The van der Waals surface area contributed by atoms with Crippen LogP contribution < -0.4 is 10.6 Å². The Morgan fingerprint density at radius 2 is 1.96 bits per heavy atom. The van der Waals surface area contributed by atoms with Gasteiger partial charge in [0.25, 0.3) is 0 Å². The number of likely N-dealkylation sites (tertiary alicyclic amines) is 1. The summed E-state index contributed by atoms with van der Waals surface area (Å²) < 4.78 is 0. The summed E-state index contributed by atoms with van der Waals surface area (Å²) in [6.45, 7) is 1.23. The maximum absolute atomic E-state index is 12.5. The Balaban J connectivity index is 1.50. The van der Waals surface area contributed by atoms with Crippen molar-refractivity contribution < 1.29 is 14.4 Å². The number of nitrogens with zero attached hydrogens (tertiary/aromatic N) is 2.